The Labute approximate surface area is 99.2 Å². The number of fused-ring (bicyclic) bond motifs is 2. The average molecular weight is 276 g/mol. The first-order valence-electron chi connectivity index (χ1n) is 5.82. The van der Waals surface area contributed by atoms with Crippen LogP contribution in [0.25, 0.3) is 0 Å². The Kier molecular flexibility index (Phi) is 2.58. The van der Waals surface area contributed by atoms with Crippen LogP contribution < -0.4 is 0 Å². The topological polar surface area (TPSA) is 21.7 Å². The van der Waals surface area contributed by atoms with Gasteiger partial charge in [0.2, 0.25) is 0 Å². The number of nitrogens with zero attached hydrogens (tertiary/aromatic N) is 1. The molecule has 2 bridgehead atoms. The zero-order valence-electron chi connectivity index (χ0n) is 9.12. The van der Waals surface area contributed by atoms with Crippen molar-refractivity contribution in [2.45, 2.75) is 49.7 Å². The zero-order valence-corrected chi connectivity index (χ0v) is 10.7. The highest BCUT2D eigenvalue weighted by Crippen LogP contribution is 2.45. The van der Waals surface area contributed by atoms with E-state index in [4.69, 9.17) is 9.47 Å². The second-order valence-electron chi connectivity index (χ2n) is 5.07. The number of ether oxygens (including phenoxy) is 2. The Balaban J connectivity index is 1.74. The Hall–Kier alpha value is 0.360. The van der Waals surface area contributed by atoms with Crippen molar-refractivity contribution in [1.82, 2.24) is 4.90 Å². The van der Waals surface area contributed by atoms with Crippen molar-refractivity contribution in [3.8, 4) is 0 Å². The minimum atomic E-state index is -0.239. The van der Waals surface area contributed by atoms with Crippen LogP contribution in [-0.2, 0) is 9.47 Å². The molecule has 0 aromatic rings. The van der Waals surface area contributed by atoms with Gasteiger partial charge in [-0.3, -0.25) is 0 Å². The summed E-state index contributed by atoms with van der Waals surface area (Å²) < 4.78 is 12.0. The van der Waals surface area contributed by atoms with Crippen LogP contribution in [0.3, 0.4) is 0 Å². The molecule has 0 aromatic carbocycles. The van der Waals surface area contributed by atoms with Crippen LogP contribution in [0.1, 0.15) is 25.7 Å². The third kappa shape index (κ3) is 1.66. The lowest BCUT2D eigenvalue weighted by Gasteiger charge is -2.41. The van der Waals surface area contributed by atoms with Crippen molar-refractivity contribution in [3.05, 3.63) is 0 Å². The lowest BCUT2D eigenvalue weighted by Crippen LogP contribution is -2.50. The molecule has 0 aromatic heterocycles. The van der Waals surface area contributed by atoms with E-state index in [1.165, 1.54) is 12.8 Å². The molecule has 15 heavy (non-hydrogen) atoms. The van der Waals surface area contributed by atoms with E-state index in [0.717, 1.165) is 24.8 Å². The van der Waals surface area contributed by atoms with Gasteiger partial charge in [0.05, 0.1) is 12.7 Å². The van der Waals surface area contributed by atoms with Gasteiger partial charge in [-0.25, -0.2) is 0 Å². The number of piperidine rings is 1. The molecule has 3 aliphatic heterocycles. The van der Waals surface area contributed by atoms with Gasteiger partial charge >= 0.3 is 0 Å². The van der Waals surface area contributed by atoms with Crippen LogP contribution in [0.15, 0.2) is 0 Å². The predicted molar refractivity (Wildman–Crippen MR) is 61.2 cm³/mol. The van der Waals surface area contributed by atoms with E-state index in [1.807, 2.05) is 0 Å². The number of hydrogen-bond acceptors (Lipinski definition) is 3. The van der Waals surface area contributed by atoms with Gasteiger partial charge in [-0.1, -0.05) is 15.9 Å². The molecule has 3 heterocycles. The monoisotopic (exact) mass is 275 g/mol. The van der Waals surface area contributed by atoms with Crippen LogP contribution in [0.2, 0.25) is 0 Å². The van der Waals surface area contributed by atoms with E-state index in [9.17, 15) is 0 Å². The molecule has 0 amide bonds. The molecule has 0 N–H and O–H groups in total. The summed E-state index contributed by atoms with van der Waals surface area (Å²) in [6, 6.07) is 1.36. The molecule has 86 valence electrons. The van der Waals surface area contributed by atoms with E-state index in [2.05, 4.69) is 27.9 Å². The molecule has 1 spiro atoms. The zero-order chi connectivity index (χ0) is 10.5. The van der Waals surface area contributed by atoms with E-state index < -0.39 is 0 Å². The average Bonchev–Trinajstić information content (AvgIpc) is 2.69. The summed E-state index contributed by atoms with van der Waals surface area (Å²) in [5.41, 5.74) is 0. The van der Waals surface area contributed by atoms with Gasteiger partial charge in [0.1, 0.15) is 0 Å². The first-order chi connectivity index (χ1) is 7.22. The molecule has 0 aliphatic carbocycles. The Bertz CT molecular complexity index is 247. The third-order valence-electron chi connectivity index (χ3n) is 4.16. The molecule has 0 radical (unpaired) electrons. The fourth-order valence-electron chi connectivity index (χ4n) is 3.29. The van der Waals surface area contributed by atoms with Crippen molar-refractivity contribution in [1.29, 1.82) is 0 Å². The van der Waals surface area contributed by atoms with Gasteiger partial charge < -0.3 is 14.4 Å². The van der Waals surface area contributed by atoms with Gasteiger partial charge in [0.15, 0.2) is 5.79 Å². The van der Waals surface area contributed by atoms with Gasteiger partial charge in [0.25, 0.3) is 0 Å². The Morgan fingerprint density at radius 3 is 2.53 bits per heavy atom. The summed E-state index contributed by atoms with van der Waals surface area (Å²) in [4.78, 5) is 2.51. The second kappa shape index (κ2) is 3.69. The maximum atomic E-state index is 6.07. The maximum absolute atomic E-state index is 6.07. The quantitative estimate of drug-likeness (QED) is 0.681. The standard InChI is InChI=1S/C11H18BrNO2/c1-13-8-2-3-9(13)5-11(4-8)14-7-10(6-12)15-11/h8-10H,2-7H2,1H3. The summed E-state index contributed by atoms with van der Waals surface area (Å²) >= 11 is 3.47. The third-order valence-corrected chi connectivity index (χ3v) is 4.89. The summed E-state index contributed by atoms with van der Waals surface area (Å²) in [6.45, 7) is 0.758. The van der Waals surface area contributed by atoms with Crippen LogP contribution in [-0.4, -0.2) is 47.9 Å². The van der Waals surface area contributed by atoms with Crippen LogP contribution in [0.4, 0.5) is 0 Å². The molecule has 3 saturated heterocycles. The lowest BCUT2D eigenvalue weighted by molar-refractivity contribution is -0.204. The molecule has 3 aliphatic rings. The van der Waals surface area contributed by atoms with E-state index in [-0.39, 0.29) is 11.9 Å². The fourth-order valence-corrected chi connectivity index (χ4v) is 3.61. The van der Waals surface area contributed by atoms with Crippen molar-refractivity contribution in [2.24, 2.45) is 0 Å². The molecule has 0 saturated carbocycles. The minimum absolute atomic E-state index is 0.239. The van der Waals surface area contributed by atoms with Crippen molar-refractivity contribution in [2.75, 3.05) is 19.0 Å². The first kappa shape index (κ1) is 10.5. The molecule has 3 unspecified atom stereocenters. The lowest BCUT2D eigenvalue weighted by atomic mass is 9.97. The van der Waals surface area contributed by atoms with Crippen molar-refractivity contribution < 1.29 is 9.47 Å². The SMILES string of the molecule is CN1C2CCC1CC1(C2)OCC(CBr)O1. The molecular weight excluding hydrogens is 258 g/mol. The highest BCUT2D eigenvalue weighted by Gasteiger charge is 2.52. The van der Waals surface area contributed by atoms with Crippen LogP contribution in [0, 0.1) is 0 Å². The smallest absolute Gasteiger partial charge is 0.171 e. The van der Waals surface area contributed by atoms with E-state index in [0.29, 0.717) is 12.1 Å². The highest BCUT2D eigenvalue weighted by atomic mass is 79.9. The first-order valence-corrected chi connectivity index (χ1v) is 6.94. The number of hydrogen-bond donors (Lipinski definition) is 0. The van der Waals surface area contributed by atoms with E-state index in [1.54, 1.807) is 0 Å². The van der Waals surface area contributed by atoms with Gasteiger partial charge in [-0.15, -0.1) is 0 Å². The van der Waals surface area contributed by atoms with Crippen molar-refractivity contribution >= 4 is 15.9 Å². The summed E-state index contributed by atoms with van der Waals surface area (Å²) in [7, 11) is 2.24. The Morgan fingerprint density at radius 2 is 2.00 bits per heavy atom. The summed E-state index contributed by atoms with van der Waals surface area (Å²) in [5, 5.41) is 0.889. The van der Waals surface area contributed by atoms with E-state index >= 15 is 0 Å². The van der Waals surface area contributed by atoms with Crippen molar-refractivity contribution in [3.63, 3.8) is 0 Å². The highest BCUT2D eigenvalue weighted by molar-refractivity contribution is 9.09. The van der Waals surface area contributed by atoms with Gasteiger partial charge in [-0.2, -0.15) is 0 Å². The molecule has 3 nitrogen and oxygen atoms in total. The maximum Gasteiger partial charge on any atom is 0.171 e. The molecule has 3 atom stereocenters. The number of alkyl halides is 1. The van der Waals surface area contributed by atoms with Crippen LogP contribution >= 0.6 is 15.9 Å². The molecule has 3 fully saturated rings. The summed E-state index contributed by atoms with van der Waals surface area (Å²) in [5.74, 6) is -0.239. The number of rotatable bonds is 1. The fraction of sp³-hybridized carbons (Fsp3) is 1.00. The predicted octanol–water partition coefficient (Wildman–Crippen LogP) is 1.75. The summed E-state index contributed by atoms with van der Waals surface area (Å²) in [6.07, 6.45) is 5.00. The Morgan fingerprint density at radius 1 is 1.33 bits per heavy atom. The minimum Gasteiger partial charge on any atom is -0.347 e. The van der Waals surface area contributed by atoms with Crippen LogP contribution in [0.5, 0.6) is 0 Å². The molecular formula is C11H18BrNO2. The second-order valence-corrected chi connectivity index (χ2v) is 5.72. The van der Waals surface area contributed by atoms with Gasteiger partial charge in [-0.05, 0) is 19.9 Å². The molecule has 4 heteroatoms. The normalized spacial score (nSPS) is 50.4. The van der Waals surface area contributed by atoms with Gasteiger partial charge in [0, 0.05) is 30.3 Å². The molecule has 3 rings (SSSR count). The largest absolute Gasteiger partial charge is 0.347 e. The number of halogens is 1.